The number of methoxy groups -OCH3 is 1. The summed E-state index contributed by atoms with van der Waals surface area (Å²) in [6, 6.07) is 2.68. The molecule has 0 amide bonds. The molecule has 2 fully saturated rings. The third-order valence-electron chi connectivity index (χ3n) is 4.88. The molecular formula is C15H19F2NO2. The number of ether oxygens (including phenoxy) is 1. The second-order valence-electron chi connectivity index (χ2n) is 5.96. The monoisotopic (exact) mass is 283 g/mol. The van der Waals surface area contributed by atoms with Gasteiger partial charge in [0.2, 0.25) is 0 Å². The summed E-state index contributed by atoms with van der Waals surface area (Å²) >= 11 is 0. The van der Waals surface area contributed by atoms with Gasteiger partial charge in [-0.2, -0.15) is 0 Å². The Bertz CT molecular complexity index is 521. The van der Waals surface area contributed by atoms with Crippen molar-refractivity contribution in [3.8, 4) is 5.75 Å². The van der Waals surface area contributed by atoms with Gasteiger partial charge in [-0.1, -0.05) is 0 Å². The molecule has 0 aromatic heterocycles. The molecule has 2 heterocycles. The number of piperidine rings is 1. The van der Waals surface area contributed by atoms with Gasteiger partial charge in [-0.3, -0.25) is 0 Å². The van der Waals surface area contributed by atoms with Gasteiger partial charge >= 0.3 is 0 Å². The van der Waals surface area contributed by atoms with E-state index in [1.54, 1.807) is 0 Å². The van der Waals surface area contributed by atoms with Crippen LogP contribution in [0.4, 0.5) is 8.78 Å². The topological polar surface area (TPSA) is 32.7 Å². The number of aliphatic hydroxyl groups is 1. The SMILES string of the molecule is COc1cc(F)c(F)cc1C1(O)CC2CCC(C1)N2C. The lowest BCUT2D eigenvalue weighted by molar-refractivity contribution is -0.0508. The maximum absolute atomic E-state index is 13.6. The van der Waals surface area contributed by atoms with Crippen molar-refractivity contribution < 1.29 is 18.6 Å². The molecule has 110 valence electrons. The summed E-state index contributed by atoms with van der Waals surface area (Å²) in [5.74, 6) is -1.68. The summed E-state index contributed by atoms with van der Waals surface area (Å²) in [4.78, 5) is 2.28. The highest BCUT2D eigenvalue weighted by Crippen LogP contribution is 2.47. The van der Waals surface area contributed by atoms with Crippen molar-refractivity contribution in [3.05, 3.63) is 29.3 Å². The van der Waals surface area contributed by atoms with Crippen LogP contribution < -0.4 is 4.74 Å². The molecule has 2 aliphatic rings. The van der Waals surface area contributed by atoms with Gasteiger partial charge in [0.15, 0.2) is 11.6 Å². The van der Waals surface area contributed by atoms with Crippen LogP contribution in [0, 0.1) is 11.6 Å². The lowest BCUT2D eigenvalue weighted by Gasteiger charge is -2.42. The maximum atomic E-state index is 13.6. The van der Waals surface area contributed by atoms with Crippen LogP contribution in [0.25, 0.3) is 0 Å². The third-order valence-corrected chi connectivity index (χ3v) is 4.88. The number of nitrogens with zero attached hydrogens (tertiary/aromatic N) is 1. The summed E-state index contributed by atoms with van der Waals surface area (Å²) in [5, 5.41) is 11.0. The fourth-order valence-corrected chi connectivity index (χ4v) is 3.73. The first kappa shape index (κ1) is 13.8. The Kier molecular flexibility index (Phi) is 3.21. The highest BCUT2D eigenvalue weighted by atomic mass is 19.2. The van der Waals surface area contributed by atoms with E-state index in [2.05, 4.69) is 11.9 Å². The zero-order valence-corrected chi connectivity index (χ0v) is 11.7. The molecule has 2 unspecified atom stereocenters. The minimum Gasteiger partial charge on any atom is -0.496 e. The fourth-order valence-electron chi connectivity index (χ4n) is 3.73. The van der Waals surface area contributed by atoms with Gasteiger partial charge in [0.25, 0.3) is 0 Å². The van der Waals surface area contributed by atoms with Gasteiger partial charge in [-0.25, -0.2) is 8.78 Å². The van der Waals surface area contributed by atoms with E-state index in [1.807, 2.05) is 0 Å². The fraction of sp³-hybridized carbons (Fsp3) is 0.600. The lowest BCUT2D eigenvalue weighted by Crippen LogP contribution is -2.47. The molecule has 5 heteroatoms. The van der Waals surface area contributed by atoms with Crippen molar-refractivity contribution in [1.82, 2.24) is 4.90 Å². The molecule has 2 saturated heterocycles. The number of rotatable bonds is 2. The Balaban J connectivity index is 2.02. The van der Waals surface area contributed by atoms with E-state index in [0.717, 1.165) is 25.0 Å². The molecule has 3 nitrogen and oxygen atoms in total. The standard InChI is InChI=1S/C15H19F2NO2/c1-18-9-3-4-10(18)8-15(19,7-9)11-5-12(16)13(17)6-14(11)20-2/h5-6,9-10,19H,3-4,7-8H2,1-2H3. The first-order chi connectivity index (χ1) is 9.44. The molecule has 0 spiro atoms. The van der Waals surface area contributed by atoms with Crippen molar-refractivity contribution >= 4 is 0 Å². The van der Waals surface area contributed by atoms with Crippen LogP contribution in [0.15, 0.2) is 12.1 Å². The molecule has 2 aliphatic heterocycles. The van der Waals surface area contributed by atoms with Gasteiger partial charge in [0, 0.05) is 23.7 Å². The molecule has 2 atom stereocenters. The summed E-state index contributed by atoms with van der Waals surface area (Å²) in [6.07, 6.45) is 3.13. The molecule has 20 heavy (non-hydrogen) atoms. The van der Waals surface area contributed by atoms with E-state index >= 15 is 0 Å². The largest absolute Gasteiger partial charge is 0.496 e. The highest BCUT2D eigenvalue weighted by Gasteiger charge is 2.48. The van der Waals surface area contributed by atoms with Crippen LogP contribution in [0.3, 0.4) is 0 Å². The van der Waals surface area contributed by atoms with Crippen molar-refractivity contribution in [2.45, 2.75) is 43.4 Å². The van der Waals surface area contributed by atoms with Gasteiger partial charge in [-0.15, -0.1) is 0 Å². The molecule has 1 aromatic rings. The molecular weight excluding hydrogens is 264 g/mol. The predicted molar refractivity (Wildman–Crippen MR) is 70.6 cm³/mol. The molecule has 0 radical (unpaired) electrons. The Morgan fingerprint density at radius 2 is 1.75 bits per heavy atom. The van der Waals surface area contributed by atoms with Crippen LogP contribution in [-0.4, -0.2) is 36.2 Å². The summed E-state index contributed by atoms with van der Waals surface area (Å²) < 4.78 is 32.0. The Labute approximate surface area is 117 Å². The third kappa shape index (κ3) is 2.00. The van der Waals surface area contributed by atoms with Gasteiger partial charge in [0.05, 0.1) is 12.7 Å². The van der Waals surface area contributed by atoms with Gasteiger partial charge in [0.1, 0.15) is 5.75 Å². The van der Waals surface area contributed by atoms with Crippen LogP contribution in [0.2, 0.25) is 0 Å². The smallest absolute Gasteiger partial charge is 0.162 e. The lowest BCUT2D eigenvalue weighted by atomic mass is 9.80. The number of benzene rings is 1. The molecule has 0 saturated carbocycles. The molecule has 3 rings (SSSR count). The van der Waals surface area contributed by atoms with Crippen LogP contribution in [0.1, 0.15) is 31.2 Å². The second-order valence-corrected chi connectivity index (χ2v) is 5.96. The number of fused-ring (bicyclic) bond motifs is 2. The molecule has 1 aromatic carbocycles. The van der Waals surface area contributed by atoms with Gasteiger partial charge < -0.3 is 14.7 Å². The number of hydrogen-bond donors (Lipinski definition) is 1. The zero-order valence-electron chi connectivity index (χ0n) is 11.7. The van der Waals surface area contributed by atoms with Crippen molar-refractivity contribution in [2.24, 2.45) is 0 Å². The van der Waals surface area contributed by atoms with E-state index in [-0.39, 0.29) is 17.8 Å². The highest BCUT2D eigenvalue weighted by molar-refractivity contribution is 5.40. The van der Waals surface area contributed by atoms with Crippen molar-refractivity contribution in [3.63, 3.8) is 0 Å². The van der Waals surface area contributed by atoms with Crippen LogP contribution in [0.5, 0.6) is 5.75 Å². The molecule has 2 bridgehead atoms. The minimum atomic E-state index is -1.14. The van der Waals surface area contributed by atoms with E-state index < -0.39 is 17.2 Å². The van der Waals surface area contributed by atoms with Crippen molar-refractivity contribution in [1.29, 1.82) is 0 Å². The van der Waals surface area contributed by atoms with E-state index in [0.29, 0.717) is 18.4 Å². The summed E-state index contributed by atoms with van der Waals surface area (Å²) in [7, 11) is 3.47. The Hall–Kier alpha value is -1.20. The van der Waals surface area contributed by atoms with Crippen LogP contribution in [-0.2, 0) is 5.60 Å². The number of hydrogen-bond acceptors (Lipinski definition) is 3. The zero-order chi connectivity index (χ0) is 14.5. The maximum Gasteiger partial charge on any atom is 0.162 e. The van der Waals surface area contributed by atoms with E-state index in [9.17, 15) is 13.9 Å². The Morgan fingerprint density at radius 1 is 1.20 bits per heavy atom. The number of halogens is 2. The Morgan fingerprint density at radius 3 is 2.30 bits per heavy atom. The van der Waals surface area contributed by atoms with Crippen LogP contribution >= 0.6 is 0 Å². The van der Waals surface area contributed by atoms with Crippen molar-refractivity contribution in [2.75, 3.05) is 14.2 Å². The molecule has 0 aliphatic carbocycles. The minimum absolute atomic E-state index is 0.218. The first-order valence-corrected chi connectivity index (χ1v) is 6.92. The normalized spacial score (nSPS) is 33.5. The van der Waals surface area contributed by atoms with Gasteiger partial charge in [-0.05, 0) is 38.8 Å². The van der Waals surface area contributed by atoms with E-state index in [4.69, 9.17) is 4.74 Å². The summed E-state index contributed by atoms with van der Waals surface area (Å²) in [6.45, 7) is 0. The first-order valence-electron chi connectivity index (χ1n) is 6.92. The molecule has 1 N–H and O–H groups in total. The predicted octanol–water partition coefficient (Wildman–Crippen LogP) is 2.42. The summed E-state index contributed by atoms with van der Waals surface area (Å²) in [5.41, 5.74) is -0.776. The average molecular weight is 283 g/mol. The average Bonchev–Trinajstić information content (AvgIpc) is 2.64. The second kappa shape index (κ2) is 4.67. The van der Waals surface area contributed by atoms with E-state index in [1.165, 1.54) is 7.11 Å². The quantitative estimate of drug-likeness (QED) is 0.905.